The first kappa shape index (κ1) is 24.8. The summed E-state index contributed by atoms with van der Waals surface area (Å²) >= 11 is 0. The molecule has 0 bridgehead atoms. The van der Waals surface area contributed by atoms with E-state index >= 15 is 0 Å². The molecule has 0 radical (unpaired) electrons. The molecule has 1 saturated carbocycles. The minimum Gasteiger partial charge on any atom is -0.383 e. The molecule has 8 heteroatoms. The maximum atomic E-state index is 14.9. The monoisotopic (exact) mass is 474 g/mol. The molecule has 0 atom stereocenters. The van der Waals surface area contributed by atoms with E-state index in [1.807, 2.05) is 24.3 Å². The third kappa shape index (κ3) is 6.87. The fraction of sp³-hybridized carbons (Fsp3) is 0.577. The molecular formula is C26H36F2N4O2. The smallest absolute Gasteiger partial charge is 0.149 e. The van der Waals surface area contributed by atoms with E-state index in [1.54, 1.807) is 13.2 Å². The molecule has 0 amide bonds. The van der Waals surface area contributed by atoms with Gasteiger partial charge in [0.2, 0.25) is 0 Å². The average molecular weight is 475 g/mol. The maximum Gasteiger partial charge on any atom is 0.149 e. The molecule has 1 aliphatic heterocycles. The molecule has 3 N–H and O–H groups in total. The number of alkyl halides is 1. The highest BCUT2D eigenvalue weighted by Crippen LogP contribution is 2.30. The zero-order valence-electron chi connectivity index (χ0n) is 19.9. The van der Waals surface area contributed by atoms with E-state index in [-0.39, 0.29) is 12.4 Å². The molecule has 2 aromatic rings. The van der Waals surface area contributed by atoms with Crippen molar-refractivity contribution in [3.8, 4) is 11.1 Å². The average Bonchev–Trinajstić information content (AvgIpc) is 2.86. The Hall–Kier alpha value is -2.29. The number of nitrogens with one attached hydrogen (secondary N) is 3. The molecule has 0 unspecified atom stereocenters. The van der Waals surface area contributed by atoms with Gasteiger partial charge in [-0.25, -0.2) is 13.8 Å². The molecule has 1 aromatic carbocycles. The fourth-order valence-corrected chi connectivity index (χ4v) is 4.73. The molecule has 0 spiro atoms. The molecule has 1 saturated heterocycles. The van der Waals surface area contributed by atoms with Crippen molar-refractivity contribution in [2.45, 2.75) is 56.3 Å². The lowest BCUT2D eigenvalue weighted by atomic mass is 9.91. The van der Waals surface area contributed by atoms with Gasteiger partial charge in [-0.15, -0.1) is 0 Å². The van der Waals surface area contributed by atoms with Crippen molar-refractivity contribution in [1.29, 1.82) is 0 Å². The summed E-state index contributed by atoms with van der Waals surface area (Å²) in [6.07, 6.45) is 6.30. The summed E-state index contributed by atoms with van der Waals surface area (Å²) in [6, 6.07) is 10.1. The zero-order chi connectivity index (χ0) is 23.8. The molecule has 34 heavy (non-hydrogen) atoms. The largest absolute Gasteiger partial charge is 0.383 e. The molecule has 2 fully saturated rings. The van der Waals surface area contributed by atoms with Crippen LogP contribution in [0.25, 0.3) is 11.1 Å². The van der Waals surface area contributed by atoms with Gasteiger partial charge >= 0.3 is 0 Å². The Labute approximate surface area is 200 Å². The van der Waals surface area contributed by atoms with Crippen LogP contribution >= 0.6 is 0 Å². The van der Waals surface area contributed by atoms with Crippen molar-refractivity contribution < 1.29 is 18.3 Å². The van der Waals surface area contributed by atoms with Crippen LogP contribution in [0.15, 0.2) is 36.5 Å². The molecule has 1 aromatic heterocycles. The van der Waals surface area contributed by atoms with E-state index in [4.69, 9.17) is 9.47 Å². The van der Waals surface area contributed by atoms with Gasteiger partial charge in [0.25, 0.3) is 0 Å². The standard InChI is InChI=1S/C26H36F2N4O2/c1-33-14-11-29-20-5-7-21(8-6-20)32-25-16-23(24(27)17-30-25)19-3-2-4-22(15-19)31-18-26(28)9-12-34-13-10-26/h2-4,15-17,20-21,29,31H,5-14,18H2,1H3,(H,30,32). The SMILES string of the molecule is COCCNC1CCC(Nc2cc(-c3cccc(NCC4(F)CCOCC4)c3)c(F)cn2)CC1. The highest BCUT2D eigenvalue weighted by molar-refractivity contribution is 5.70. The maximum absolute atomic E-state index is 14.9. The number of ether oxygens (including phenoxy) is 2. The number of hydrogen-bond acceptors (Lipinski definition) is 6. The van der Waals surface area contributed by atoms with Gasteiger partial charge in [0, 0.05) is 69.6 Å². The molecule has 4 rings (SSSR count). The van der Waals surface area contributed by atoms with Gasteiger partial charge in [-0.1, -0.05) is 12.1 Å². The van der Waals surface area contributed by atoms with Crippen LogP contribution < -0.4 is 16.0 Å². The minimum atomic E-state index is -1.27. The predicted molar refractivity (Wildman–Crippen MR) is 132 cm³/mol. The first-order valence-corrected chi connectivity index (χ1v) is 12.3. The number of pyridine rings is 1. The van der Waals surface area contributed by atoms with E-state index in [9.17, 15) is 8.78 Å². The van der Waals surface area contributed by atoms with E-state index in [2.05, 4.69) is 20.9 Å². The van der Waals surface area contributed by atoms with Crippen molar-refractivity contribution in [3.63, 3.8) is 0 Å². The van der Waals surface area contributed by atoms with Gasteiger partial charge in [0.1, 0.15) is 17.3 Å². The van der Waals surface area contributed by atoms with Crippen LogP contribution in [0.1, 0.15) is 38.5 Å². The van der Waals surface area contributed by atoms with E-state index in [0.717, 1.165) is 50.1 Å². The number of nitrogens with zero attached hydrogens (tertiary/aromatic N) is 1. The number of halogens is 2. The van der Waals surface area contributed by atoms with E-state index in [0.29, 0.717) is 49.5 Å². The number of methoxy groups -OCH3 is 1. The quantitative estimate of drug-likeness (QED) is 0.431. The number of benzene rings is 1. The molecule has 1 aliphatic carbocycles. The van der Waals surface area contributed by atoms with Gasteiger partial charge in [-0.2, -0.15) is 0 Å². The molecule has 2 aliphatic rings. The molecular weight excluding hydrogens is 438 g/mol. The van der Waals surface area contributed by atoms with E-state index in [1.165, 1.54) is 6.20 Å². The van der Waals surface area contributed by atoms with Crippen molar-refractivity contribution in [1.82, 2.24) is 10.3 Å². The summed E-state index contributed by atoms with van der Waals surface area (Å²) in [5.41, 5.74) is 0.716. The van der Waals surface area contributed by atoms with E-state index < -0.39 is 5.67 Å². The Balaban J connectivity index is 1.36. The zero-order valence-corrected chi connectivity index (χ0v) is 19.9. The Morgan fingerprint density at radius 3 is 2.65 bits per heavy atom. The minimum absolute atomic E-state index is 0.217. The number of aromatic nitrogens is 1. The van der Waals surface area contributed by atoms with Crippen molar-refractivity contribution in [2.75, 3.05) is 50.7 Å². The Kier molecular flexibility index (Phi) is 8.69. The van der Waals surface area contributed by atoms with Crippen LogP contribution in [0.3, 0.4) is 0 Å². The first-order valence-electron chi connectivity index (χ1n) is 12.3. The Morgan fingerprint density at radius 2 is 1.88 bits per heavy atom. The van der Waals surface area contributed by atoms with Gasteiger partial charge in [-0.3, -0.25) is 0 Å². The second kappa shape index (κ2) is 11.9. The van der Waals surface area contributed by atoms with Crippen LogP contribution in [0.2, 0.25) is 0 Å². The normalized spacial score (nSPS) is 22.3. The Bertz CT molecular complexity index is 915. The second-order valence-corrected chi connectivity index (χ2v) is 9.39. The number of hydrogen-bond donors (Lipinski definition) is 3. The molecule has 6 nitrogen and oxygen atoms in total. The van der Waals surface area contributed by atoms with Gasteiger partial charge < -0.3 is 25.4 Å². The molecule has 2 heterocycles. The summed E-state index contributed by atoms with van der Waals surface area (Å²) in [6.45, 7) is 2.70. The second-order valence-electron chi connectivity index (χ2n) is 9.39. The van der Waals surface area contributed by atoms with Gasteiger partial charge in [0.15, 0.2) is 0 Å². The van der Waals surface area contributed by atoms with Crippen LogP contribution in [0, 0.1) is 5.82 Å². The van der Waals surface area contributed by atoms with Crippen LogP contribution in [0.4, 0.5) is 20.3 Å². The van der Waals surface area contributed by atoms with Gasteiger partial charge in [0.05, 0.1) is 12.8 Å². The van der Waals surface area contributed by atoms with Gasteiger partial charge in [-0.05, 0) is 49.4 Å². The number of rotatable bonds is 10. The highest BCUT2D eigenvalue weighted by atomic mass is 19.1. The van der Waals surface area contributed by atoms with Crippen molar-refractivity contribution in [3.05, 3.63) is 42.3 Å². The lowest BCUT2D eigenvalue weighted by Gasteiger charge is -2.30. The third-order valence-corrected chi connectivity index (χ3v) is 6.85. The fourth-order valence-electron chi connectivity index (χ4n) is 4.73. The lowest BCUT2D eigenvalue weighted by molar-refractivity contribution is -0.00115. The van der Waals surface area contributed by atoms with Crippen molar-refractivity contribution in [2.24, 2.45) is 0 Å². The van der Waals surface area contributed by atoms with Crippen LogP contribution in [-0.2, 0) is 9.47 Å². The predicted octanol–water partition coefficient (Wildman–Crippen LogP) is 4.78. The summed E-state index contributed by atoms with van der Waals surface area (Å²) in [5, 5.41) is 10.2. The van der Waals surface area contributed by atoms with Crippen LogP contribution in [0.5, 0.6) is 0 Å². The molecule has 186 valence electrons. The lowest BCUT2D eigenvalue weighted by Crippen LogP contribution is -2.38. The third-order valence-electron chi connectivity index (χ3n) is 6.85. The van der Waals surface area contributed by atoms with Crippen molar-refractivity contribution >= 4 is 11.5 Å². The summed E-state index contributed by atoms with van der Waals surface area (Å²) in [5.74, 6) is 0.301. The number of anilines is 2. The first-order chi connectivity index (χ1) is 16.5. The van der Waals surface area contributed by atoms with Crippen LogP contribution in [-0.4, -0.2) is 62.8 Å². The topological polar surface area (TPSA) is 67.4 Å². The highest BCUT2D eigenvalue weighted by Gasteiger charge is 2.32. The summed E-state index contributed by atoms with van der Waals surface area (Å²) in [7, 11) is 1.71. The summed E-state index contributed by atoms with van der Waals surface area (Å²) in [4.78, 5) is 4.27. The Morgan fingerprint density at radius 1 is 1.12 bits per heavy atom. The summed E-state index contributed by atoms with van der Waals surface area (Å²) < 4.78 is 40.0.